The number of aliphatic hydroxyl groups is 1. The van der Waals surface area contributed by atoms with Gasteiger partial charge in [-0.15, -0.1) is 0 Å². The molecule has 1 aromatic rings. The summed E-state index contributed by atoms with van der Waals surface area (Å²) in [5, 5.41) is 9.72. The maximum absolute atomic E-state index is 9.72. The highest BCUT2D eigenvalue weighted by Crippen LogP contribution is 2.35. The van der Waals surface area contributed by atoms with Gasteiger partial charge in [-0.3, -0.25) is 0 Å². The molecule has 0 bridgehead atoms. The van der Waals surface area contributed by atoms with Gasteiger partial charge < -0.3 is 9.52 Å². The van der Waals surface area contributed by atoms with Crippen molar-refractivity contribution in [1.29, 1.82) is 0 Å². The van der Waals surface area contributed by atoms with Gasteiger partial charge in [-0.1, -0.05) is 6.92 Å². The Hall–Kier alpha value is -0.760. The van der Waals surface area contributed by atoms with Gasteiger partial charge in [-0.25, -0.2) is 0 Å². The zero-order chi connectivity index (χ0) is 9.26. The highest BCUT2D eigenvalue weighted by Gasteiger charge is 2.27. The van der Waals surface area contributed by atoms with E-state index in [1.54, 1.807) is 12.5 Å². The molecule has 1 aliphatic rings. The molecule has 0 spiro atoms. The molecule has 2 rings (SSSR count). The second kappa shape index (κ2) is 3.54. The molecule has 1 fully saturated rings. The van der Waals surface area contributed by atoms with E-state index in [9.17, 15) is 5.11 Å². The molecule has 2 heteroatoms. The van der Waals surface area contributed by atoms with Gasteiger partial charge in [-0.2, -0.15) is 0 Å². The van der Waals surface area contributed by atoms with Gasteiger partial charge in [0.25, 0.3) is 0 Å². The third-order valence-corrected chi connectivity index (χ3v) is 3.17. The number of rotatable bonds is 1. The molecule has 1 aromatic heterocycles. The van der Waals surface area contributed by atoms with Crippen molar-refractivity contribution in [2.45, 2.75) is 38.2 Å². The minimum Gasteiger partial charge on any atom is -0.472 e. The molecule has 0 aromatic carbocycles. The van der Waals surface area contributed by atoms with Gasteiger partial charge >= 0.3 is 0 Å². The minimum absolute atomic E-state index is 0.131. The van der Waals surface area contributed by atoms with Crippen LogP contribution in [0.25, 0.3) is 0 Å². The molecule has 0 radical (unpaired) electrons. The van der Waals surface area contributed by atoms with E-state index in [0.29, 0.717) is 11.8 Å². The van der Waals surface area contributed by atoms with Crippen molar-refractivity contribution >= 4 is 0 Å². The summed E-state index contributed by atoms with van der Waals surface area (Å²) in [7, 11) is 0. The van der Waals surface area contributed by atoms with Crippen LogP contribution in [0.3, 0.4) is 0 Å². The van der Waals surface area contributed by atoms with Crippen molar-refractivity contribution in [1.82, 2.24) is 0 Å². The van der Waals surface area contributed by atoms with E-state index in [1.165, 1.54) is 12.0 Å². The molecule has 1 saturated carbocycles. The number of hydrogen-bond donors (Lipinski definition) is 1. The molecule has 3 atom stereocenters. The van der Waals surface area contributed by atoms with E-state index >= 15 is 0 Å². The van der Waals surface area contributed by atoms with Crippen LogP contribution < -0.4 is 0 Å². The van der Waals surface area contributed by atoms with Crippen LogP contribution in [0.1, 0.15) is 37.7 Å². The Labute approximate surface area is 78.6 Å². The predicted molar refractivity (Wildman–Crippen MR) is 50.5 cm³/mol. The van der Waals surface area contributed by atoms with Crippen LogP contribution in [0.15, 0.2) is 23.0 Å². The molecular formula is C11H16O2. The second-order valence-corrected chi connectivity index (χ2v) is 4.11. The summed E-state index contributed by atoms with van der Waals surface area (Å²) in [6, 6.07) is 2.01. The highest BCUT2D eigenvalue weighted by molar-refractivity contribution is 5.13. The molecule has 72 valence electrons. The smallest absolute Gasteiger partial charge is 0.0937 e. The third kappa shape index (κ3) is 1.78. The zero-order valence-electron chi connectivity index (χ0n) is 7.94. The molecule has 1 N–H and O–H groups in total. The maximum Gasteiger partial charge on any atom is 0.0937 e. The van der Waals surface area contributed by atoms with Gasteiger partial charge in [0.1, 0.15) is 0 Å². The van der Waals surface area contributed by atoms with Gasteiger partial charge in [-0.05, 0) is 42.7 Å². The maximum atomic E-state index is 9.72. The third-order valence-electron chi connectivity index (χ3n) is 3.17. The molecule has 3 unspecified atom stereocenters. The summed E-state index contributed by atoms with van der Waals surface area (Å²) in [4.78, 5) is 0. The lowest BCUT2D eigenvalue weighted by Gasteiger charge is -2.30. The monoisotopic (exact) mass is 180 g/mol. The summed E-state index contributed by atoms with van der Waals surface area (Å²) in [5.74, 6) is 0.966. The first kappa shape index (κ1) is 8.82. The zero-order valence-corrected chi connectivity index (χ0v) is 7.94. The first-order chi connectivity index (χ1) is 6.27. The number of hydrogen-bond acceptors (Lipinski definition) is 2. The van der Waals surface area contributed by atoms with Crippen LogP contribution in [0.2, 0.25) is 0 Å². The first-order valence-corrected chi connectivity index (χ1v) is 4.97. The van der Waals surface area contributed by atoms with Gasteiger partial charge in [0, 0.05) is 0 Å². The summed E-state index contributed by atoms with van der Waals surface area (Å²) < 4.78 is 5.05. The largest absolute Gasteiger partial charge is 0.472 e. The topological polar surface area (TPSA) is 33.4 Å². The summed E-state index contributed by atoms with van der Waals surface area (Å²) in [5.41, 5.74) is 1.24. The fourth-order valence-electron chi connectivity index (χ4n) is 2.11. The van der Waals surface area contributed by atoms with Crippen LogP contribution in [0.5, 0.6) is 0 Å². The molecule has 0 aliphatic heterocycles. The standard InChI is InChI=1S/C11H16O2/c1-8-2-3-9(6-11(8)12)10-4-5-13-7-10/h4-5,7-9,11-12H,2-3,6H2,1H3. The van der Waals surface area contributed by atoms with Crippen molar-refractivity contribution in [2.24, 2.45) is 5.92 Å². The number of furan rings is 1. The van der Waals surface area contributed by atoms with Crippen molar-refractivity contribution in [3.05, 3.63) is 24.2 Å². The van der Waals surface area contributed by atoms with Crippen molar-refractivity contribution in [3.8, 4) is 0 Å². The lowest BCUT2D eigenvalue weighted by molar-refractivity contribution is 0.0695. The van der Waals surface area contributed by atoms with Crippen LogP contribution in [0.4, 0.5) is 0 Å². The second-order valence-electron chi connectivity index (χ2n) is 4.11. The van der Waals surface area contributed by atoms with Crippen LogP contribution in [-0.4, -0.2) is 11.2 Å². The molecule has 0 saturated heterocycles. The summed E-state index contributed by atoms with van der Waals surface area (Å²) >= 11 is 0. The normalized spacial score (nSPS) is 34.8. The van der Waals surface area contributed by atoms with Crippen molar-refractivity contribution in [3.63, 3.8) is 0 Å². The van der Waals surface area contributed by atoms with Gasteiger partial charge in [0.15, 0.2) is 0 Å². The Morgan fingerprint density at radius 2 is 2.31 bits per heavy atom. The Kier molecular flexibility index (Phi) is 2.40. The molecular weight excluding hydrogens is 164 g/mol. The van der Waals surface area contributed by atoms with Crippen molar-refractivity contribution in [2.75, 3.05) is 0 Å². The SMILES string of the molecule is CC1CCC(c2ccoc2)CC1O. The Balaban J connectivity index is 2.03. The lowest BCUT2D eigenvalue weighted by Crippen LogP contribution is -2.26. The Morgan fingerprint density at radius 1 is 1.46 bits per heavy atom. The highest BCUT2D eigenvalue weighted by atomic mass is 16.3. The fourth-order valence-corrected chi connectivity index (χ4v) is 2.11. The van der Waals surface area contributed by atoms with E-state index in [2.05, 4.69) is 6.92 Å². The Morgan fingerprint density at radius 3 is 2.92 bits per heavy atom. The molecule has 0 amide bonds. The van der Waals surface area contributed by atoms with E-state index in [4.69, 9.17) is 4.42 Å². The van der Waals surface area contributed by atoms with Crippen LogP contribution in [-0.2, 0) is 0 Å². The van der Waals surface area contributed by atoms with Gasteiger partial charge in [0.05, 0.1) is 18.6 Å². The lowest BCUT2D eigenvalue weighted by atomic mass is 9.78. The average Bonchev–Trinajstić information content (AvgIpc) is 2.62. The molecule has 2 nitrogen and oxygen atoms in total. The predicted octanol–water partition coefficient (Wildman–Crippen LogP) is 2.54. The van der Waals surface area contributed by atoms with Crippen LogP contribution >= 0.6 is 0 Å². The van der Waals surface area contributed by atoms with Crippen LogP contribution in [0, 0.1) is 5.92 Å². The van der Waals surface area contributed by atoms with Gasteiger partial charge in [0.2, 0.25) is 0 Å². The van der Waals surface area contributed by atoms with Crippen molar-refractivity contribution < 1.29 is 9.52 Å². The van der Waals surface area contributed by atoms with E-state index in [1.807, 2.05) is 6.07 Å². The van der Waals surface area contributed by atoms with E-state index in [0.717, 1.165) is 12.8 Å². The number of aliphatic hydroxyl groups excluding tert-OH is 1. The Bertz CT molecular complexity index is 253. The molecule has 1 heterocycles. The summed E-state index contributed by atoms with van der Waals surface area (Å²) in [6.07, 6.45) is 6.57. The van der Waals surface area contributed by atoms with E-state index in [-0.39, 0.29) is 6.10 Å². The molecule has 1 aliphatic carbocycles. The first-order valence-electron chi connectivity index (χ1n) is 4.97. The van der Waals surface area contributed by atoms with E-state index < -0.39 is 0 Å². The quantitative estimate of drug-likeness (QED) is 0.720. The average molecular weight is 180 g/mol. The fraction of sp³-hybridized carbons (Fsp3) is 0.636. The minimum atomic E-state index is -0.131. The molecule has 13 heavy (non-hydrogen) atoms. The summed E-state index contributed by atoms with van der Waals surface area (Å²) in [6.45, 7) is 2.12.